The minimum Gasteiger partial charge on any atom is -0.494 e. The van der Waals surface area contributed by atoms with E-state index in [1.54, 1.807) is 11.3 Å². The lowest BCUT2D eigenvalue weighted by Gasteiger charge is -2.09. The standard InChI is InChI=1S/C33H46N2O2S/c1-3-4-5-6-7-8-9-10-11-12-13-14-23-37-32-21-17-29(18-22-32)24-34-33(36)31-19-15-30(16-20-31)26-35-25-28(2)38-27-35/h15-22,25,27H,3-14,23-24,26H2,1-2H3/p+1. The fourth-order valence-corrected chi connectivity index (χ4v) is 5.25. The van der Waals surface area contributed by atoms with E-state index in [2.05, 4.69) is 35.4 Å². The lowest BCUT2D eigenvalue weighted by molar-refractivity contribution is -0.683. The molecule has 1 aromatic heterocycles. The number of rotatable bonds is 19. The van der Waals surface area contributed by atoms with Gasteiger partial charge in [0.15, 0.2) is 12.7 Å². The van der Waals surface area contributed by atoms with Crippen LogP contribution < -0.4 is 14.6 Å². The van der Waals surface area contributed by atoms with Crippen molar-refractivity contribution in [1.82, 2.24) is 5.32 Å². The predicted molar refractivity (Wildman–Crippen MR) is 159 cm³/mol. The van der Waals surface area contributed by atoms with Crippen molar-refractivity contribution in [3.05, 3.63) is 81.8 Å². The Morgan fingerprint density at radius 3 is 1.95 bits per heavy atom. The number of carbonyl (C=O) groups excluding carboxylic acids is 1. The molecule has 3 aromatic rings. The number of aryl methyl sites for hydroxylation is 1. The van der Waals surface area contributed by atoms with Crippen LogP contribution in [-0.4, -0.2) is 12.5 Å². The molecule has 0 aliphatic carbocycles. The fourth-order valence-electron chi connectivity index (χ4n) is 4.62. The van der Waals surface area contributed by atoms with Crippen molar-refractivity contribution in [2.75, 3.05) is 6.61 Å². The van der Waals surface area contributed by atoms with E-state index in [1.165, 1.54) is 81.1 Å². The van der Waals surface area contributed by atoms with Gasteiger partial charge >= 0.3 is 0 Å². The molecular weight excluding hydrogens is 488 g/mol. The highest BCUT2D eigenvalue weighted by atomic mass is 32.1. The van der Waals surface area contributed by atoms with E-state index in [0.717, 1.165) is 30.9 Å². The lowest BCUT2D eigenvalue weighted by Crippen LogP contribution is -2.30. The number of carbonyl (C=O) groups is 1. The van der Waals surface area contributed by atoms with Crippen LogP contribution in [-0.2, 0) is 13.1 Å². The zero-order chi connectivity index (χ0) is 26.8. The second-order valence-corrected chi connectivity index (χ2v) is 11.5. The van der Waals surface area contributed by atoms with Gasteiger partial charge in [-0.2, -0.15) is 4.57 Å². The zero-order valence-electron chi connectivity index (χ0n) is 23.6. The van der Waals surface area contributed by atoms with Gasteiger partial charge in [0.2, 0.25) is 5.51 Å². The van der Waals surface area contributed by atoms with Crippen molar-refractivity contribution < 1.29 is 14.1 Å². The monoisotopic (exact) mass is 535 g/mol. The van der Waals surface area contributed by atoms with Crippen LogP contribution in [0, 0.1) is 6.92 Å². The number of aromatic nitrogens is 1. The Morgan fingerprint density at radius 1 is 0.789 bits per heavy atom. The molecule has 2 aromatic carbocycles. The molecule has 0 saturated heterocycles. The molecule has 3 rings (SSSR count). The third-order valence-corrected chi connectivity index (χ3v) is 7.80. The first-order valence-corrected chi connectivity index (χ1v) is 15.5. The molecule has 5 heteroatoms. The Kier molecular flexibility index (Phi) is 14.0. The summed E-state index contributed by atoms with van der Waals surface area (Å²) in [6.07, 6.45) is 18.3. The van der Waals surface area contributed by atoms with Crippen molar-refractivity contribution in [1.29, 1.82) is 0 Å². The third-order valence-electron chi connectivity index (χ3n) is 6.95. The molecule has 0 bridgehead atoms. The Morgan fingerprint density at radius 2 is 1.37 bits per heavy atom. The Balaban J connectivity index is 1.23. The minimum atomic E-state index is -0.0529. The fraction of sp³-hybridized carbons (Fsp3) is 0.515. The van der Waals surface area contributed by atoms with Gasteiger partial charge < -0.3 is 10.1 Å². The summed E-state index contributed by atoms with van der Waals surface area (Å²) in [4.78, 5) is 13.9. The van der Waals surface area contributed by atoms with Crippen molar-refractivity contribution in [2.24, 2.45) is 0 Å². The van der Waals surface area contributed by atoms with E-state index in [9.17, 15) is 4.79 Å². The molecule has 0 fully saturated rings. The molecule has 0 spiro atoms. The van der Waals surface area contributed by atoms with Gasteiger partial charge in [-0.05, 0) is 43.2 Å². The molecule has 4 nitrogen and oxygen atoms in total. The first-order chi connectivity index (χ1) is 18.6. The van der Waals surface area contributed by atoms with Crippen LogP contribution in [0.1, 0.15) is 110 Å². The average molecular weight is 536 g/mol. The van der Waals surface area contributed by atoms with Gasteiger partial charge in [-0.15, -0.1) is 0 Å². The normalized spacial score (nSPS) is 11.0. The summed E-state index contributed by atoms with van der Waals surface area (Å²) in [5.41, 5.74) is 5.05. The van der Waals surface area contributed by atoms with Gasteiger partial charge in [0.25, 0.3) is 5.91 Å². The van der Waals surface area contributed by atoms with Crippen molar-refractivity contribution in [3.63, 3.8) is 0 Å². The van der Waals surface area contributed by atoms with Gasteiger partial charge in [0.1, 0.15) is 5.75 Å². The molecule has 0 aliphatic heterocycles. The highest BCUT2D eigenvalue weighted by Crippen LogP contribution is 2.15. The number of thiazole rings is 1. The molecule has 38 heavy (non-hydrogen) atoms. The van der Waals surface area contributed by atoms with Crippen LogP contribution in [0.2, 0.25) is 0 Å². The van der Waals surface area contributed by atoms with E-state index < -0.39 is 0 Å². The number of hydrogen-bond donors (Lipinski definition) is 1. The van der Waals surface area contributed by atoms with Gasteiger partial charge in [0.05, 0.1) is 11.5 Å². The number of nitrogens with one attached hydrogen (secondary N) is 1. The number of benzene rings is 2. The zero-order valence-corrected chi connectivity index (χ0v) is 24.4. The smallest absolute Gasteiger partial charge is 0.251 e. The number of hydrogen-bond acceptors (Lipinski definition) is 3. The maximum absolute atomic E-state index is 12.6. The van der Waals surface area contributed by atoms with Gasteiger partial charge in [-0.3, -0.25) is 4.79 Å². The molecule has 1 amide bonds. The molecular formula is C33H47N2O2S+. The van der Waals surface area contributed by atoms with Crippen LogP contribution in [0.15, 0.2) is 60.2 Å². The first kappa shape index (κ1) is 29.9. The van der Waals surface area contributed by atoms with E-state index in [1.807, 2.05) is 48.5 Å². The average Bonchev–Trinajstić information content (AvgIpc) is 3.35. The number of amides is 1. The molecule has 0 atom stereocenters. The second kappa shape index (κ2) is 17.8. The van der Waals surface area contributed by atoms with Crippen LogP contribution >= 0.6 is 11.3 Å². The number of ether oxygens (including phenoxy) is 1. The summed E-state index contributed by atoms with van der Waals surface area (Å²) in [6.45, 7) is 6.48. The second-order valence-electron chi connectivity index (χ2n) is 10.4. The van der Waals surface area contributed by atoms with Crippen LogP contribution in [0.4, 0.5) is 0 Å². The highest BCUT2D eigenvalue weighted by Gasteiger charge is 2.09. The Bertz CT molecular complexity index is 1040. The summed E-state index contributed by atoms with van der Waals surface area (Å²) < 4.78 is 8.08. The Labute approximate surface area is 234 Å². The van der Waals surface area contributed by atoms with Crippen molar-refractivity contribution in [3.8, 4) is 5.75 Å². The minimum absolute atomic E-state index is 0.0529. The summed E-state index contributed by atoms with van der Waals surface area (Å²) in [6, 6.07) is 15.9. The molecule has 1 heterocycles. The molecule has 206 valence electrons. The van der Waals surface area contributed by atoms with Gasteiger partial charge in [-0.25, -0.2) is 0 Å². The van der Waals surface area contributed by atoms with E-state index in [-0.39, 0.29) is 5.91 Å². The van der Waals surface area contributed by atoms with E-state index in [0.29, 0.717) is 12.1 Å². The van der Waals surface area contributed by atoms with Crippen LogP contribution in [0.25, 0.3) is 0 Å². The number of unbranched alkanes of at least 4 members (excludes halogenated alkanes) is 11. The molecule has 0 radical (unpaired) electrons. The van der Waals surface area contributed by atoms with Crippen molar-refractivity contribution >= 4 is 17.2 Å². The summed E-state index contributed by atoms with van der Waals surface area (Å²) in [7, 11) is 0. The molecule has 0 aliphatic rings. The Hall–Kier alpha value is -2.66. The SMILES string of the molecule is CCCCCCCCCCCCCCOc1ccc(CNC(=O)c2ccc(C[n+]3csc(C)c3)cc2)cc1. The van der Waals surface area contributed by atoms with Crippen molar-refractivity contribution in [2.45, 2.75) is 104 Å². The summed E-state index contributed by atoms with van der Waals surface area (Å²) in [5.74, 6) is 0.848. The van der Waals surface area contributed by atoms with E-state index in [4.69, 9.17) is 4.74 Å². The first-order valence-electron chi connectivity index (χ1n) is 14.7. The predicted octanol–water partition coefficient (Wildman–Crippen LogP) is 8.40. The quantitative estimate of drug-likeness (QED) is 0.124. The largest absolute Gasteiger partial charge is 0.494 e. The molecule has 0 unspecified atom stereocenters. The van der Waals surface area contributed by atoms with Gasteiger partial charge in [-0.1, -0.05) is 113 Å². The lowest BCUT2D eigenvalue weighted by atomic mass is 10.1. The van der Waals surface area contributed by atoms with Crippen LogP contribution in [0.5, 0.6) is 5.75 Å². The maximum atomic E-state index is 12.6. The molecule has 0 saturated carbocycles. The maximum Gasteiger partial charge on any atom is 0.251 e. The van der Waals surface area contributed by atoms with Crippen LogP contribution in [0.3, 0.4) is 0 Å². The summed E-state index contributed by atoms with van der Waals surface area (Å²) >= 11 is 1.74. The third kappa shape index (κ3) is 11.8. The summed E-state index contributed by atoms with van der Waals surface area (Å²) in [5, 5.41) is 3.02. The van der Waals surface area contributed by atoms with Gasteiger partial charge in [0, 0.05) is 17.7 Å². The highest BCUT2D eigenvalue weighted by molar-refractivity contribution is 7.09. The molecule has 1 N–H and O–H groups in total. The van der Waals surface area contributed by atoms with E-state index >= 15 is 0 Å². The topological polar surface area (TPSA) is 42.2 Å². The number of nitrogens with zero attached hydrogens (tertiary/aromatic N) is 1.